The van der Waals surface area contributed by atoms with Crippen molar-refractivity contribution >= 4 is 5.91 Å². The number of carbonyl (C=O) groups excluding carboxylic acids is 1. The van der Waals surface area contributed by atoms with E-state index in [2.05, 4.69) is 104 Å². The smallest absolute Gasteiger partial charge is 0.220 e. The van der Waals surface area contributed by atoms with Gasteiger partial charge in [0.2, 0.25) is 5.91 Å². The van der Waals surface area contributed by atoms with Gasteiger partial charge in [-0.3, -0.25) is 4.79 Å². The van der Waals surface area contributed by atoms with Crippen LogP contribution in [0, 0.1) is 0 Å². The fourth-order valence-electron chi connectivity index (χ4n) is 10.7. The average molecular weight is 1190 g/mol. The van der Waals surface area contributed by atoms with Crippen LogP contribution < -0.4 is 5.32 Å². The predicted molar refractivity (Wildman–Crippen MR) is 341 cm³/mol. The van der Waals surface area contributed by atoms with Crippen molar-refractivity contribution in [3.05, 3.63) is 85.1 Å². The lowest BCUT2D eigenvalue weighted by molar-refractivity contribution is -0.359. The fraction of sp³-hybridized carbons (Fsp3) is 0.786. The molecule has 14 heteroatoms. The van der Waals surface area contributed by atoms with E-state index in [1.54, 1.807) is 0 Å². The van der Waals surface area contributed by atoms with Gasteiger partial charge in [0.1, 0.15) is 48.8 Å². The third-order valence-corrected chi connectivity index (χ3v) is 16.1. The molecule has 14 nitrogen and oxygen atoms in total. The Bertz CT molecular complexity index is 1730. The maximum absolute atomic E-state index is 13.3. The largest absolute Gasteiger partial charge is 0.394 e. The molecule has 2 heterocycles. The molecule has 0 saturated carbocycles. The Morgan fingerprint density at radius 1 is 0.440 bits per heavy atom. The Balaban J connectivity index is 1.70. The van der Waals surface area contributed by atoms with E-state index in [0.717, 1.165) is 109 Å². The highest BCUT2D eigenvalue weighted by Gasteiger charge is 2.51. The molecule has 2 saturated heterocycles. The summed E-state index contributed by atoms with van der Waals surface area (Å²) in [6, 6.07) is -0.842. The zero-order valence-corrected chi connectivity index (χ0v) is 52.6. The summed E-state index contributed by atoms with van der Waals surface area (Å²) in [7, 11) is 0. The lowest BCUT2D eigenvalue weighted by Crippen LogP contribution is -2.65. The van der Waals surface area contributed by atoms with Gasteiger partial charge in [-0.25, -0.2) is 0 Å². The molecule has 9 N–H and O–H groups in total. The highest BCUT2D eigenvalue weighted by atomic mass is 16.7. The summed E-state index contributed by atoms with van der Waals surface area (Å²) in [5.41, 5.74) is 0. The minimum Gasteiger partial charge on any atom is -0.394 e. The third kappa shape index (κ3) is 38.4. The van der Waals surface area contributed by atoms with Crippen LogP contribution in [0.15, 0.2) is 85.1 Å². The second kappa shape index (κ2) is 54.3. The van der Waals surface area contributed by atoms with Crippen molar-refractivity contribution in [3.8, 4) is 0 Å². The lowest BCUT2D eigenvalue weighted by Gasteiger charge is -2.46. The molecule has 2 aliphatic heterocycles. The second-order valence-corrected chi connectivity index (χ2v) is 23.6. The molecule has 0 aromatic heterocycles. The molecule has 12 atom stereocenters. The first-order valence-electron chi connectivity index (χ1n) is 33.8. The van der Waals surface area contributed by atoms with E-state index in [0.29, 0.717) is 12.8 Å². The number of rotatable bonds is 54. The molecule has 0 aromatic rings. The Hall–Kier alpha value is -2.83. The number of carbonyl (C=O) groups is 1. The summed E-state index contributed by atoms with van der Waals surface area (Å²) < 4.78 is 22.9. The van der Waals surface area contributed by atoms with Crippen LogP contribution in [0.2, 0.25) is 0 Å². The van der Waals surface area contributed by atoms with Crippen LogP contribution in [0.25, 0.3) is 0 Å². The van der Waals surface area contributed by atoms with Crippen LogP contribution >= 0.6 is 0 Å². The van der Waals surface area contributed by atoms with Gasteiger partial charge >= 0.3 is 0 Å². The molecular weight excluding hydrogens is 1060 g/mol. The van der Waals surface area contributed by atoms with Gasteiger partial charge in [0.15, 0.2) is 12.6 Å². The highest BCUT2D eigenvalue weighted by molar-refractivity contribution is 5.76. The summed E-state index contributed by atoms with van der Waals surface area (Å²) in [5.74, 6) is -0.219. The van der Waals surface area contributed by atoms with E-state index in [9.17, 15) is 45.6 Å². The first kappa shape index (κ1) is 77.3. The monoisotopic (exact) mass is 1190 g/mol. The Kier molecular flexibility index (Phi) is 50.0. The minimum atomic E-state index is -1.79. The summed E-state index contributed by atoms with van der Waals surface area (Å²) in [5, 5.41) is 87.5. The first-order valence-corrected chi connectivity index (χ1v) is 33.8. The quantitative estimate of drug-likeness (QED) is 0.0204. The van der Waals surface area contributed by atoms with Crippen molar-refractivity contribution in [2.75, 3.05) is 19.8 Å². The Morgan fingerprint density at radius 2 is 0.821 bits per heavy atom. The molecule has 0 bridgehead atoms. The van der Waals surface area contributed by atoms with E-state index < -0.39 is 86.8 Å². The van der Waals surface area contributed by atoms with Gasteiger partial charge in [0, 0.05) is 6.42 Å². The van der Waals surface area contributed by atoms with Crippen molar-refractivity contribution in [2.45, 2.75) is 331 Å². The number of amides is 1. The van der Waals surface area contributed by atoms with E-state index in [1.165, 1.54) is 116 Å². The molecular formula is C70H123NO13. The van der Waals surface area contributed by atoms with E-state index >= 15 is 0 Å². The topological polar surface area (TPSA) is 228 Å². The zero-order valence-electron chi connectivity index (χ0n) is 52.6. The number of aliphatic hydroxyl groups is 8. The van der Waals surface area contributed by atoms with Crippen molar-refractivity contribution in [1.82, 2.24) is 5.32 Å². The molecule has 12 unspecified atom stereocenters. The van der Waals surface area contributed by atoms with Gasteiger partial charge in [-0.05, 0) is 70.6 Å². The minimum absolute atomic E-state index is 0.219. The van der Waals surface area contributed by atoms with Crippen LogP contribution in [0.3, 0.4) is 0 Å². The third-order valence-electron chi connectivity index (χ3n) is 16.1. The van der Waals surface area contributed by atoms with Crippen LogP contribution in [-0.2, 0) is 23.7 Å². The summed E-state index contributed by atoms with van der Waals surface area (Å²) >= 11 is 0. The molecule has 2 fully saturated rings. The van der Waals surface area contributed by atoms with Gasteiger partial charge in [-0.2, -0.15) is 0 Å². The molecule has 0 aliphatic carbocycles. The van der Waals surface area contributed by atoms with Crippen molar-refractivity contribution in [3.63, 3.8) is 0 Å². The van der Waals surface area contributed by atoms with Gasteiger partial charge in [0.25, 0.3) is 0 Å². The molecule has 486 valence electrons. The van der Waals surface area contributed by atoms with E-state index in [1.807, 2.05) is 0 Å². The number of allylic oxidation sites excluding steroid dienone is 14. The molecule has 2 aliphatic rings. The van der Waals surface area contributed by atoms with Crippen molar-refractivity contribution < 1.29 is 64.6 Å². The van der Waals surface area contributed by atoms with Gasteiger partial charge in [-0.1, -0.05) is 266 Å². The summed E-state index contributed by atoms with van der Waals surface area (Å²) in [6.45, 7) is 2.76. The number of hydrogen-bond acceptors (Lipinski definition) is 13. The molecule has 84 heavy (non-hydrogen) atoms. The maximum atomic E-state index is 13.3. The number of ether oxygens (including phenoxy) is 4. The molecule has 0 spiro atoms. The number of nitrogens with one attached hydrogen (secondary N) is 1. The normalized spacial score (nSPS) is 24.2. The molecule has 0 aromatic carbocycles. The van der Waals surface area contributed by atoms with E-state index in [-0.39, 0.29) is 18.9 Å². The van der Waals surface area contributed by atoms with Gasteiger partial charge < -0.3 is 65.1 Å². The maximum Gasteiger partial charge on any atom is 0.220 e. The van der Waals surface area contributed by atoms with E-state index in [4.69, 9.17) is 18.9 Å². The number of aliphatic hydroxyl groups excluding tert-OH is 8. The van der Waals surface area contributed by atoms with Gasteiger partial charge in [-0.15, -0.1) is 0 Å². The standard InChI is InChI=1S/C70H123NO13/c1-3-5-7-9-11-13-15-17-19-21-23-25-26-27-28-29-30-31-32-34-36-38-40-42-44-46-48-50-52-54-62(75)71-58(59(74)53-51-49-47-45-43-41-39-37-35-33-24-22-20-18-16-14-12-10-8-6-4-2)57-81-69-67(80)65(78)68(61(56-73)83-69)84-70-66(79)64(77)63(76)60(55-72)82-70/h5,7,11,13,17,19,23,25,27-28,30-31,34,36,58-61,63-70,72-74,76-80H,3-4,6,8-10,12,14-16,18,20-22,24,26,29,32-33,35,37-57H2,1-2H3,(H,71,75)/b7-5-,13-11-,19-17-,25-23-,28-27-,31-30-,36-34-. The summed E-state index contributed by atoms with van der Waals surface area (Å²) in [6.07, 6.45) is 57.2. The van der Waals surface area contributed by atoms with Crippen LogP contribution in [0.4, 0.5) is 0 Å². The molecule has 2 rings (SSSR count). The lowest BCUT2D eigenvalue weighted by atomic mass is 9.97. The second-order valence-electron chi connectivity index (χ2n) is 23.6. The van der Waals surface area contributed by atoms with Crippen LogP contribution in [0.1, 0.15) is 258 Å². The zero-order chi connectivity index (χ0) is 60.9. The SMILES string of the molecule is CC/C=C\C/C=C\C/C=C\C/C=C\C/C=C\C/C=C\C/C=C\CCCCCCCCCC(=O)NC(COC1OC(CO)C(OC2OC(CO)C(O)C(O)C2O)C(O)C1O)C(O)CCCCCCCCCCCCCCCCCCCCCCC. The van der Waals surface area contributed by atoms with Crippen LogP contribution in [0.5, 0.6) is 0 Å². The predicted octanol–water partition coefficient (Wildman–Crippen LogP) is 13.2. The number of unbranched alkanes of at least 4 members (excludes halogenated alkanes) is 27. The molecule has 0 radical (unpaired) electrons. The Morgan fingerprint density at radius 3 is 1.26 bits per heavy atom. The number of hydrogen-bond donors (Lipinski definition) is 9. The summed E-state index contributed by atoms with van der Waals surface area (Å²) in [4.78, 5) is 13.3. The van der Waals surface area contributed by atoms with Crippen molar-refractivity contribution in [1.29, 1.82) is 0 Å². The average Bonchev–Trinajstić information content (AvgIpc) is 3.24. The first-order chi connectivity index (χ1) is 41.1. The van der Waals surface area contributed by atoms with Crippen molar-refractivity contribution in [2.24, 2.45) is 0 Å². The van der Waals surface area contributed by atoms with Crippen LogP contribution in [-0.4, -0.2) is 140 Å². The molecule has 1 amide bonds. The Labute approximate surface area is 510 Å². The van der Waals surface area contributed by atoms with Gasteiger partial charge in [0.05, 0.1) is 32.0 Å². The fourth-order valence-corrected chi connectivity index (χ4v) is 10.7. The highest BCUT2D eigenvalue weighted by Crippen LogP contribution is 2.30.